The fourth-order valence-electron chi connectivity index (χ4n) is 2.06. The second-order valence-electron chi connectivity index (χ2n) is 4.05. The van der Waals surface area contributed by atoms with Crippen LogP contribution in [0.2, 0.25) is 0 Å². The molecule has 5 nitrogen and oxygen atoms in total. The van der Waals surface area contributed by atoms with Crippen molar-refractivity contribution in [3.05, 3.63) is 29.8 Å². The Morgan fingerprint density at radius 2 is 2.06 bits per heavy atom. The highest BCUT2D eigenvalue weighted by atomic mass is 16.4. The molecule has 0 aliphatic carbocycles. The zero-order chi connectivity index (χ0) is 12.4. The summed E-state index contributed by atoms with van der Waals surface area (Å²) >= 11 is 0. The van der Waals surface area contributed by atoms with E-state index in [1.54, 1.807) is 29.2 Å². The molecule has 1 aliphatic heterocycles. The number of anilines is 1. The lowest BCUT2D eigenvalue weighted by Crippen LogP contribution is -2.35. The molecule has 2 atom stereocenters. The van der Waals surface area contributed by atoms with E-state index in [1.165, 1.54) is 0 Å². The molecule has 1 fully saturated rings. The van der Waals surface area contributed by atoms with E-state index < -0.39 is 18.1 Å². The maximum absolute atomic E-state index is 11.0. The first kappa shape index (κ1) is 11.4. The fraction of sp³-hybridized carbons (Fsp3) is 0.333. The quantitative estimate of drug-likeness (QED) is 0.779. The highest BCUT2D eigenvalue weighted by Crippen LogP contribution is 2.26. The lowest BCUT2D eigenvalue weighted by molar-refractivity contribution is -0.138. The third-order valence-corrected chi connectivity index (χ3v) is 2.89. The van der Waals surface area contributed by atoms with E-state index >= 15 is 0 Å². The van der Waals surface area contributed by atoms with Crippen LogP contribution in [0.3, 0.4) is 0 Å². The largest absolute Gasteiger partial charge is 0.480 e. The minimum atomic E-state index is -0.939. The Bertz CT molecular complexity index is 464. The number of carbonyl (C=O) groups is 1. The van der Waals surface area contributed by atoms with Crippen LogP contribution in [-0.4, -0.2) is 34.9 Å². The standard InChI is InChI=1S/C12H12N2O3/c13-6-8-1-3-9(4-2-8)14-7-10(15)5-11(14)12(16)17/h1-4,10-11,15H,5,7H2,(H,16,17)/t10-,11+/m1/s1. The molecule has 0 radical (unpaired) electrons. The van der Waals surface area contributed by atoms with E-state index in [9.17, 15) is 9.90 Å². The number of nitriles is 1. The van der Waals surface area contributed by atoms with Gasteiger partial charge in [-0.15, -0.1) is 0 Å². The molecular formula is C12H12N2O3. The van der Waals surface area contributed by atoms with E-state index in [-0.39, 0.29) is 6.42 Å². The van der Waals surface area contributed by atoms with Crippen molar-refractivity contribution in [2.24, 2.45) is 0 Å². The molecule has 1 aromatic rings. The van der Waals surface area contributed by atoms with Crippen molar-refractivity contribution < 1.29 is 15.0 Å². The number of hydrogen-bond acceptors (Lipinski definition) is 4. The number of carboxylic acid groups (broad SMARTS) is 1. The molecule has 1 aromatic carbocycles. The van der Waals surface area contributed by atoms with Gasteiger partial charge in [0.2, 0.25) is 0 Å². The molecule has 88 valence electrons. The number of β-amino-alcohol motifs (C(OH)–C–C–N with tert-alkyl or cyclic N) is 1. The number of nitrogens with zero attached hydrogens (tertiary/aromatic N) is 2. The average molecular weight is 232 g/mol. The van der Waals surface area contributed by atoms with Gasteiger partial charge in [-0.2, -0.15) is 5.26 Å². The summed E-state index contributed by atoms with van der Waals surface area (Å²) in [6.45, 7) is 0.308. The topological polar surface area (TPSA) is 84.6 Å². The van der Waals surface area contributed by atoms with Crippen LogP contribution in [0.1, 0.15) is 12.0 Å². The molecule has 17 heavy (non-hydrogen) atoms. The zero-order valence-corrected chi connectivity index (χ0v) is 9.08. The second kappa shape index (κ2) is 4.44. The number of aliphatic hydroxyl groups is 1. The first-order chi connectivity index (χ1) is 8.11. The van der Waals surface area contributed by atoms with Crippen LogP contribution in [-0.2, 0) is 4.79 Å². The smallest absolute Gasteiger partial charge is 0.326 e. The van der Waals surface area contributed by atoms with E-state index in [4.69, 9.17) is 10.4 Å². The highest BCUT2D eigenvalue weighted by molar-refractivity contribution is 5.79. The SMILES string of the molecule is N#Cc1ccc(N2C[C@H](O)C[C@H]2C(=O)O)cc1. The normalized spacial score (nSPS) is 23.4. The Hall–Kier alpha value is -2.06. The average Bonchev–Trinajstić information content (AvgIpc) is 2.72. The lowest BCUT2D eigenvalue weighted by Gasteiger charge is -2.23. The van der Waals surface area contributed by atoms with Gasteiger partial charge < -0.3 is 15.1 Å². The molecular weight excluding hydrogens is 220 g/mol. The van der Waals surface area contributed by atoms with E-state index in [1.807, 2.05) is 6.07 Å². The molecule has 1 saturated heterocycles. The summed E-state index contributed by atoms with van der Waals surface area (Å²) in [6.07, 6.45) is -0.387. The van der Waals surface area contributed by atoms with Crippen LogP contribution in [0.5, 0.6) is 0 Å². The van der Waals surface area contributed by atoms with E-state index in [0.717, 1.165) is 0 Å². The Kier molecular flexibility index (Phi) is 2.98. The molecule has 2 rings (SSSR count). The summed E-state index contributed by atoms with van der Waals surface area (Å²) in [7, 11) is 0. The van der Waals surface area contributed by atoms with Gasteiger partial charge in [0.05, 0.1) is 17.7 Å². The zero-order valence-electron chi connectivity index (χ0n) is 9.08. The minimum absolute atomic E-state index is 0.231. The van der Waals surface area contributed by atoms with Crippen molar-refractivity contribution in [3.63, 3.8) is 0 Å². The first-order valence-corrected chi connectivity index (χ1v) is 5.29. The number of carboxylic acids is 1. The van der Waals surface area contributed by atoms with Crippen LogP contribution < -0.4 is 4.90 Å². The number of aliphatic hydroxyl groups excluding tert-OH is 1. The van der Waals surface area contributed by atoms with Crippen molar-refractivity contribution in [2.75, 3.05) is 11.4 Å². The van der Waals surface area contributed by atoms with Crippen LogP contribution in [0.25, 0.3) is 0 Å². The summed E-state index contributed by atoms with van der Waals surface area (Å²) in [6, 6.07) is 7.98. The Morgan fingerprint density at radius 1 is 1.41 bits per heavy atom. The molecule has 2 N–H and O–H groups in total. The molecule has 0 unspecified atom stereocenters. The Morgan fingerprint density at radius 3 is 2.59 bits per heavy atom. The highest BCUT2D eigenvalue weighted by Gasteiger charge is 2.35. The summed E-state index contributed by atoms with van der Waals surface area (Å²) in [5.41, 5.74) is 1.24. The van der Waals surface area contributed by atoms with Crippen molar-refractivity contribution >= 4 is 11.7 Å². The van der Waals surface area contributed by atoms with E-state index in [2.05, 4.69) is 0 Å². The van der Waals surface area contributed by atoms with Gasteiger partial charge in [0.1, 0.15) is 6.04 Å². The van der Waals surface area contributed by atoms with Crippen LogP contribution >= 0.6 is 0 Å². The number of rotatable bonds is 2. The Labute approximate surface area is 98.5 Å². The van der Waals surface area contributed by atoms with Gasteiger partial charge in [-0.1, -0.05) is 0 Å². The molecule has 0 saturated carbocycles. The van der Waals surface area contributed by atoms with Crippen LogP contribution in [0, 0.1) is 11.3 Å². The first-order valence-electron chi connectivity index (χ1n) is 5.29. The summed E-state index contributed by atoms with van der Waals surface area (Å²) < 4.78 is 0. The monoisotopic (exact) mass is 232 g/mol. The van der Waals surface area contributed by atoms with E-state index in [0.29, 0.717) is 17.8 Å². The summed E-state index contributed by atoms with van der Waals surface area (Å²) in [5.74, 6) is -0.939. The van der Waals surface area contributed by atoms with Gasteiger partial charge in [0, 0.05) is 18.7 Å². The minimum Gasteiger partial charge on any atom is -0.480 e. The second-order valence-corrected chi connectivity index (χ2v) is 4.05. The summed E-state index contributed by atoms with van der Waals surface area (Å²) in [4.78, 5) is 12.7. The van der Waals surface area contributed by atoms with Crippen molar-refractivity contribution in [1.29, 1.82) is 5.26 Å². The summed E-state index contributed by atoms with van der Waals surface area (Å²) in [5, 5.41) is 27.3. The van der Waals surface area contributed by atoms with Gasteiger partial charge >= 0.3 is 5.97 Å². The van der Waals surface area contributed by atoms with Crippen molar-refractivity contribution in [3.8, 4) is 6.07 Å². The fourth-order valence-corrected chi connectivity index (χ4v) is 2.06. The van der Waals surface area contributed by atoms with Gasteiger partial charge in [-0.3, -0.25) is 0 Å². The van der Waals surface area contributed by atoms with Crippen LogP contribution in [0.4, 0.5) is 5.69 Å². The van der Waals surface area contributed by atoms with Crippen LogP contribution in [0.15, 0.2) is 24.3 Å². The number of aliphatic carboxylic acids is 1. The predicted octanol–water partition coefficient (Wildman–Crippen LogP) is 0.582. The molecule has 5 heteroatoms. The molecule has 0 aromatic heterocycles. The molecule has 1 heterocycles. The number of benzene rings is 1. The molecule has 0 amide bonds. The molecule has 1 aliphatic rings. The molecule has 0 spiro atoms. The van der Waals surface area contributed by atoms with Gasteiger partial charge in [0.15, 0.2) is 0 Å². The predicted molar refractivity (Wildman–Crippen MR) is 60.6 cm³/mol. The van der Waals surface area contributed by atoms with Crippen molar-refractivity contribution in [1.82, 2.24) is 0 Å². The molecule has 0 bridgehead atoms. The van der Waals surface area contributed by atoms with Gasteiger partial charge in [0.25, 0.3) is 0 Å². The Balaban J connectivity index is 2.26. The maximum atomic E-state index is 11.0. The maximum Gasteiger partial charge on any atom is 0.326 e. The van der Waals surface area contributed by atoms with Crippen molar-refractivity contribution in [2.45, 2.75) is 18.6 Å². The van der Waals surface area contributed by atoms with Gasteiger partial charge in [-0.25, -0.2) is 4.79 Å². The third-order valence-electron chi connectivity index (χ3n) is 2.89. The number of hydrogen-bond donors (Lipinski definition) is 2. The lowest BCUT2D eigenvalue weighted by atomic mass is 10.2. The van der Waals surface area contributed by atoms with Gasteiger partial charge in [-0.05, 0) is 24.3 Å². The third kappa shape index (κ3) is 2.22.